The summed E-state index contributed by atoms with van der Waals surface area (Å²) in [5, 5.41) is -0.620. The molecule has 0 spiro atoms. The maximum atomic E-state index is 11.5. The molecule has 0 bridgehead atoms. The van der Waals surface area contributed by atoms with Crippen molar-refractivity contribution in [2.45, 2.75) is 58.8 Å². The van der Waals surface area contributed by atoms with Crippen molar-refractivity contribution in [2.75, 3.05) is 0 Å². The molecule has 0 saturated carbocycles. The number of amides is 1. The van der Waals surface area contributed by atoms with E-state index in [0.29, 0.717) is 6.42 Å². The third-order valence-corrected chi connectivity index (χ3v) is 3.95. The standard InChI is InChI=1S/C11H24N2O3S/c1-8(2)17(15,16)13-10(14)6-9(12)7-11(3,4)5/h8-9H,6-7,12H2,1-5H3,(H,13,14). The second-order valence-electron chi connectivity index (χ2n) is 5.85. The zero-order valence-corrected chi connectivity index (χ0v) is 12.1. The number of carbonyl (C=O) groups excluding carboxylic acids is 1. The number of carbonyl (C=O) groups is 1. The molecule has 0 aromatic carbocycles. The van der Waals surface area contributed by atoms with Gasteiger partial charge in [0.2, 0.25) is 15.9 Å². The highest BCUT2D eigenvalue weighted by Gasteiger charge is 2.22. The molecule has 5 nitrogen and oxygen atoms in total. The minimum Gasteiger partial charge on any atom is -0.327 e. The fourth-order valence-corrected chi connectivity index (χ4v) is 2.05. The van der Waals surface area contributed by atoms with Gasteiger partial charge in [-0.05, 0) is 25.7 Å². The summed E-state index contributed by atoms with van der Waals surface area (Å²) in [5.74, 6) is -0.532. The number of nitrogens with two attached hydrogens (primary N) is 1. The summed E-state index contributed by atoms with van der Waals surface area (Å²) in [6.45, 7) is 9.11. The first-order chi connectivity index (χ1) is 7.44. The van der Waals surface area contributed by atoms with Gasteiger partial charge in [0.05, 0.1) is 5.25 Å². The van der Waals surface area contributed by atoms with Crippen LogP contribution < -0.4 is 10.5 Å². The van der Waals surface area contributed by atoms with Crippen molar-refractivity contribution in [3.05, 3.63) is 0 Å². The molecule has 0 aromatic heterocycles. The van der Waals surface area contributed by atoms with Crippen LogP contribution in [0.1, 0.15) is 47.5 Å². The van der Waals surface area contributed by atoms with Crippen molar-refractivity contribution >= 4 is 15.9 Å². The van der Waals surface area contributed by atoms with E-state index in [4.69, 9.17) is 5.73 Å². The molecule has 102 valence electrons. The smallest absolute Gasteiger partial charge is 0.237 e. The quantitative estimate of drug-likeness (QED) is 0.775. The van der Waals surface area contributed by atoms with Gasteiger partial charge in [0.15, 0.2) is 0 Å². The van der Waals surface area contributed by atoms with E-state index in [1.54, 1.807) is 0 Å². The molecule has 6 heteroatoms. The summed E-state index contributed by atoms with van der Waals surface area (Å²) in [4.78, 5) is 11.5. The highest BCUT2D eigenvalue weighted by molar-refractivity contribution is 7.90. The Hall–Kier alpha value is -0.620. The van der Waals surface area contributed by atoms with E-state index < -0.39 is 21.2 Å². The molecule has 0 aromatic rings. The average Bonchev–Trinajstić information content (AvgIpc) is 1.96. The molecule has 1 unspecified atom stereocenters. The Bertz CT molecular complexity index is 355. The van der Waals surface area contributed by atoms with Crippen molar-refractivity contribution in [2.24, 2.45) is 11.1 Å². The molecular formula is C11H24N2O3S. The van der Waals surface area contributed by atoms with Crippen LogP contribution in [0.15, 0.2) is 0 Å². The van der Waals surface area contributed by atoms with Crippen LogP contribution in [0.2, 0.25) is 0 Å². The van der Waals surface area contributed by atoms with E-state index in [9.17, 15) is 13.2 Å². The van der Waals surface area contributed by atoms with Gasteiger partial charge in [0, 0.05) is 12.5 Å². The highest BCUT2D eigenvalue weighted by atomic mass is 32.2. The van der Waals surface area contributed by atoms with Gasteiger partial charge < -0.3 is 5.73 Å². The van der Waals surface area contributed by atoms with Crippen LogP contribution in [0.5, 0.6) is 0 Å². The van der Waals surface area contributed by atoms with Gasteiger partial charge in [-0.1, -0.05) is 20.8 Å². The van der Waals surface area contributed by atoms with E-state index in [0.717, 1.165) is 0 Å². The summed E-state index contributed by atoms with van der Waals surface area (Å²) >= 11 is 0. The summed E-state index contributed by atoms with van der Waals surface area (Å²) < 4.78 is 24.9. The minimum atomic E-state index is -3.54. The number of rotatable bonds is 5. The first-order valence-electron chi connectivity index (χ1n) is 5.74. The van der Waals surface area contributed by atoms with E-state index in [-0.39, 0.29) is 17.9 Å². The normalized spacial score (nSPS) is 14.8. The fourth-order valence-electron chi connectivity index (χ4n) is 1.42. The fraction of sp³-hybridized carbons (Fsp3) is 0.909. The van der Waals surface area contributed by atoms with Crippen LogP contribution in [0, 0.1) is 5.41 Å². The SMILES string of the molecule is CC(C)S(=O)(=O)NC(=O)CC(N)CC(C)(C)C. The van der Waals surface area contributed by atoms with E-state index in [2.05, 4.69) is 0 Å². The monoisotopic (exact) mass is 264 g/mol. The molecule has 0 heterocycles. The third kappa shape index (κ3) is 7.33. The molecule has 0 saturated heterocycles. The maximum Gasteiger partial charge on any atom is 0.237 e. The number of sulfonamides is 1. The Balaban J connectivity index is 4.30. The van der Waals surface area contributed by atoms with E-state index in [1.165, 1.54) is 13.8 Å². The molecular weight excluding hydrogens is 240 g/mol. The number of nitrogens with one attached hydrogen (secondary N) is 1. The summed E-state index contributed by atoms with van der Waals surface area (Å²) in [7, 11) is -3.54. The number of hydrogen-bond acceptors (Lipinski definition) is 4. The largest absolute Gasteiger partial charge is 0.327 e. The molecule has 1 atom stereocenters. The Labute approximate surface area is 104 Å². The van der Waals surface area contributed by atoms with Gasteiger partial charge in [-0.15, -0.1) is 0 Å². The molecule has 3 N–H and O–H groups in total. The van der Waals surface area contributed by atoms with Gasteiger partial charge in [0.1, 0.15) is 0 Å². The lowest BCUT2D eigenvalue weighted by Crippen LogP contribution is -2.39. The average molecular weight is 264 g/mol. The van der Waals surface area contributed by atoms with Gasteiger partial charge in [-0.3, -0.25) is 9.52 Å². The zero-order valence-electron chi connectivity index (χ0n) is 11.3. The van der Waals surface area contributed by atoms with Crippen molar-refractivity contribution in [1.29, 1.82) is 0 Å². The molecule has 0 radical (unpaired) electrons. The highest BCUT2D eigenvalue weighted by Crippen LogP contribution is 2.20. The van der Waals surface area contributed by atoms with Crippen LogP contribution in [0.25, 0.3) is 0 Å². The maximum absolute atomic E-state index is 11.5. The van der Waals surface area contributed by atoms with Crippen LogP contribution >= 0.6 is 0 Å². The van der Waals surface area contributed by atoms with Crippen LogP contribution in [-0.2, 0) is 14.8 Å². The van der Waals surface area contributed by atoms with Crippen LogP contribution in [0.3, 0.4) is 0 Å². The van der Waals surface area contributed by atoms with Gasteiger partial charge >= 0.3 is 0 Å². The minimum absolute atomic E-state index is 0.0244. The van der Waals surface area contributed by atoms with Gasteiger partial charge in [0.25, 0.3) is 0 Å². The van der Waals surface area contributed by atoms with Crippen molar-refractivity contribution in [1.82, 2.24) is 4.72 Å². The van der Waals surface area contributed by atoms with Gasteiger partial charge in [-0.25, -0.2) is 8.42 Å². The lowest BCUT2D eigenvalue weighted by molar-refractivity contribution is -0.119. The molecule has 0 aliphatic carbocycles. The van der Waals surface area contributed by atoms with Gasteiger partial charge in [-0.2, -0.15) is 0 Å². The molecule has 0 rings (SSSR count). The second kappa shape index (κ2) is 5.82. The van der Waals surface area contributed by atoms with Crippen molar-refractivity contribution < 1.29 is 13.2 Å². The zero-order chi connectivity index (χ0) is 13.9. The third-order valence-electron chi connectivity index (χ3n) is 2.20. The number of hydrogen-bond donors (Lipinski definition) is 2. The van der Waals surface area contributed by atoms with E-state index >= 15 is 0 Å². The first kappa shape index (κ1) is 16.4. The molecule has 0 aliphatic rings. The van der Waals surface area contributed by atoms with E-state index in [1.807, 2.05) is 25.5 Å². The molecule has 17 heavy (non-hydrogen) atoms. The van der Waals surface area contributed by atoms with Crippen molar-refractivity contribution in [3.8, 4) is 0 Å². The van der Waals surface area contributed by atoms with Crippen molar-refractivity contribution in [3.63, 3.8) is 0 Å². The van der Waals surface area contributed by atoms with Crippen LogP contribution in [-0.4, -0.2) is 25.6 Å². The predicted molar refractivity (Wildman–Crippen MR) is 68.9 cm³/mol. The lowest BCUT2D eigenvalue weighted by atomic mass is 9.87. The Morgan fingerprint density at radius 2 is 1.76 bits per heavy atom. The molecule has 0 aliphatic heterocycles. The predicted octanol–water partition coefficient (Wildman–Crippen LogP) is 0.994. The Kier molecular flexibility index (Phi) is 5.61. The Morgan fingerprint density at radius 3 is 2.12 bits per heavy atom. The summed E-state index contributed by atoms with van der Waals surface area (Å²) in [5.41, 5.74) is 5.82. The summed E-state index contributed by atoms with van der Waals surface area (Å²) in [6, 6.07) is -0.322. The molecule has 0 fully saturated rings. The summed E-state index contributed by atoms with van der Waals surface area (Å²) in [6.07, 6.45) is 0.700. The first-order valence-corrected chi connectivity index (χ1v) is 7.29. The topological polar surface area (TPSA) is 89.3 Å². The Morgan fingerprint density at radius 1 is 1.29 bits per heavy atom. The second-order valence-corrected chi connectivity index (χ2v) is 8.08. The van der Waals surface area contributed by atoms with Crippen LogP contribution in [0.4, 0.5) is 0 Å². The lowest BCUT2D eigenvalue weighted by Gasteiger charge is -2.22. The molecule has 1 amide bonds.